The molecule has 0 saturated carbocycles. The smallest absolute Gasteiger partial charge is 0.343 e. The summed E-state index contributed by atoms with van der Waals surface area (Å²) in [4.78, 5) is 23.3. The molecule has 25 heavy (non-hydrogen) atoms. The van der Waals surface area contributed by atoms with Crippen molar-refractivity contribution in [2.24, 2.45) is 0 Å². The molecule has 2 atom stereocenters. The average molecular weight is 345 g/mol. The van der Waals surface area contributed by atoms with Gasteiger partial charge < -0.3 is 14.4 Å². The van der Waals surface area contributed by atoms with E-state index in [-0.39, 0.29) is 12.2 Å². The van der Waals surface area contributed by atoms with Gasteiger partial charge in [-0.1, -0.05) is 0 Å². The second-order valence-corrected chi connectivity index (χ2v) is 6.25. The lowest BCUT2D eigenvalue weighted by Gasteiger charge is -2.36. The van der Waals surface area contributed by atoms with Gasteiger partial charge in [-0.3, -0.25) is 0 Å². The van der Waals surface area contributed by atoms with Crippen LogP contribution in [0.2, 0.25) is 0 Å². The summed E-state index contributed by atoms with van der Waals surface area (Å²) in [5.74, 6) is 0.550. The topological polar surface area (TPSA) is 82.4 Å². The molecule has 1 fully saturated rings. The van der Waals surface area contributed by atoms with E-state index in [1.54, 1.807) is 17.8 Å². The summed E-state index contributed by atoms with van der Waals surface area (Å²) in [6, 6.07) is 0. The minimum atomic E-state index is -0.424. The summed E-state index contributed by atoms with van der Waals surface area (Å²) in [6.07, 6.45) is 5.18. The van der Waals surface area contributed by atoms with Crippen molar-refractivity contribution in [1.29, 1.82) is 0 Å². The van der Waals surface area contributed by atoms with Gasteiger partial charge >= 0.3 is 5.97 Å². The Bertz CT molecular complexity index is 750. The first-order chi connectivity index (χ1) is 12.0. The Hall–Kier alpha value is -2.48. The van der Waals surface area contributed by atoms with Crippen LogP contribution in [-0.4, -0.2) is 57.6 Å². The van der Waals surface area contributed by atoms with Crippen molar-refractivity contribution in [2.75, 3.05) is 24.6 Å². The molecule has 0 N–H and O–H groups in total. The number of ether oxygens (including phenoxy) is 2. The predicted octanol–water partition coefficient (Wildman–Crippen LogP) is 1.76. The summed E-state index contributed by atoms with van der Waals surface area (Å²) in [7, 11) is 0. The maximum absolute atomic E-state index is 12.3. The predicted molar refractivity (Wildman–Crippen MR) is 92.1 cm³/mol. The Morgan fingerprint density at radius 3 is 2.64 bits per heavy atom. The van der Waals surface area contributed by atoms with Gasteiger partial charge in [0.2, 0.25) is 0 Å². The first-order valence-corrected chi connectivity index (χ1v) is 8.44. The normalized spacial score (nSPS) is 20.6. The number of hydrogen-bond acceptors (Lipinski definition) is 7. The van der Waals surface area contributed by atoms with Crippen LogP contribution in [0.5, 0.6) is 0 Å². The summed E-state index contributed by atoms with van der Waals surface area (Å²) in [6.45, 7) is 9.32. The fourth-order valence-corrected chi connectivity index (χ4v) is 2.94. The molecular weight excluding hydrogens is 322 g/mol. The summed E-state index contributed by atoms with van der Waals surface area (Å²) < 4.78 is 12.5. The van der Waals surface area contributed by atoms with Crippen molar-refractivity contribution in [3.63, 3.8) is 0 Å². The molecule has 134 valence electrons. The van der Waals surface area contributed by atoms with Crippen LogP contribution in [-0.2, 0) is 9.47 Å². The third-order valence-corrected chi connectivity index (χ3v) is 3.89. The van der Waals surface area contributed by atoms with Crippen molar-refractivity contribution in [1.82, 2.24) is 19.7 Å². The van der Waals surface area contributed by atoms with E-state index in [1.165, 1.54) is 6.20 Å². The molecule has 1 aliphatic heterocycles. The van der Waals surface area contributed by atoms with Crippen molar-refractivity contribution in [3.05, 3.63) is 29.7 Å². The highest BCUT2D eigenvalue weighted by atomic mass is 16.5. The molecule has 0 unspecified atom stereocenters. The molecule has 0 amide bonds. The second kappa shape index (κ2) is 7.18. The van der Waals surface area contributed by atoms with Crippen LogP contribution in [0.25, 0.3) is 5.95 Å². The first-order valence-electron chi connectivity index (χ1n) is 8.44. The molecule has 8 heteroatoms. The van der Waals surface area contributed by atoms with Gasteiger partial charge in [-0.2, -0.15) is 10.1 Å². The molecular formula is C17H23N5O3. The lowest BCUT2D eigenvalue weighted by atomic mass is 10.2. The van der Waals surface area contributed by atoms with Crippen LogP contribution >= 0.6 is 0 Å². The first kappa shape index (κ1) is 17.3. The Morgan fingerprint density at radius 1 is 1.32 bits per heavy atom. The maximum atomic E-state index is 12.3. The fraction of sp³-hybridized carbons (Fsp3) is 0.529. The molecule has 8 nitrogen and oxygen atoms in total. The molecule has 0 radical (unpaired) electrons. The lowest BCUT2D eigenvalue weighted by Crippen LogP contribution is -2.46. The van der Waals surface area contributed by atoms with Crippen molar-refractivity contribution < 1.29 is 14.3 Å². The highest BCUT2D eigenvalue weighted by Crippen LogP contribution is 2.24. The quantitative estimate of drug-likeness (QED) is 0.781. The third-order valence-electron chi connectivity index (χ3n) is 3.89. The Balaban J connectivity index is 2.02. The van der Waals surface area contributed by atoms with E-state index in [9.17, 15) is 4.79 Å². The van der Waals surface area contributed by atoms with E-state index < -0.39 is 5.97 Å². The third kappa shape index (κ3) is 3.79. The monoisotopic (exact) mass is 345 g/mol. The molecule has 0 aromatic carbocycles. The molecule has 0 aliphatic carbocycles. The van der Waals surface area contributed by atoms with Crippen LogP contribution in [0, 0.1) is 6.92 Å². The maximum Gasteiger partial charge on any atom is 0.343 e. The number of nitrogens with zero attached hydrogens (tertiary/aromatic N) is 5. The van der Waals surface area contributed by atoms with Gasteiger partial charge in [0.05, 0.1) is 25.0 Å². The van der Waals surface area contributed by atoms with E-state index in [1.807, 2.05) is 31.9 Å². The Morgan fingerprint density at radius 2 is 2.04 bits per heavy atom. The zero-order valence-electron chi connectivity index (χ0n) is 15.0. The lowest BCUT2D eigenvalue weighted by molar-refractivity contribution is -0.00561. The zero-order chi connectivity index (χ0) is 18.0. The highest BCUT2D eigenvalue weighted by molar-refractivity contribution is 5.94. The molecule has 2 aromatic rings. The number of hydrogen-bond donors (Lipinski definition) is 0. The SMILES string of the molecule is CCOC(=O)c1cnc(-n2cc(C)cn2)nc1N1C[C@H](C)O[C@@H](C)C1. The van der Waals surface area contributed by atoms with E-state index in [2.05, 4.69) is 15.1 Å². The van der Waals surface area contributed by atoms with E-state index in [0.29, 0.717) is 37.0 Å². The van der Waals surface area contributed by atoms with E-state index >= 15 is 0 Å². The van der Waals surface area contributed by atoms with Crippen molar-refractivity contribution >= 4 is 11.8 Å². The fourth-order valence-electron chi connectivity index (χ4n) is 2.94. The summed E-state index contributed by atoms with van der Waals surface area (Å²) >= 11 is 0. The van der Waals surface area contributed by atoms with E-state index in [4.69, 9.17) is 9.47 Å². The standard InChI is InChI=1S/C17H23N5O3/c1-5-24-16(23)14-7-18-17(22-8-11(2)6-19-22)20-15(14)21-9-12(3)25-13(4)10-21/h6-8,12-13H,5,9-10H2,1-4H3/t12-,13-/m0/s1. The van der Waals surface area contributed by atoms with Gasteiger partial charge in [-0.05, 0) is 33.3 Å². The highest BCUT2D eigenvalue weighted by Gasteiger charge is 2.28. The number of anilines is 1. The molecule has 0 bridgehead atoms. The minimum Gasteiger partial charge on any atom is -0.462 e. The number of aryl methyl sites for hydroxylation is 1. The van der Waals surface area contributed by atoms with Gasteiger partial charge in [-0.15, -0.1) is 0 Å². The van der Waals surface area contributed by atoms with Gasteiger partial charge in [-0.25, -0.2) is 14.5 Å². The van der Waals surface area contributed by atoms with Crippen LogP contribution in [0.1, 0.15) is 36.7 Å². The average Bonchev–Trinajstić information content (AvgIpc) is 3.00. The largest absolute Gasteiger partial charge is 0.462 e. The number of morpholine rings is 1. The van der Waals surface area contributed by atoms with Crippen LogP contribution in [0.3, 0.4) is 0 Å². The number of rotatable bonds is 4. The van der Waals surface area contributed by atoms with E-state index in [0.717, 1.165) is 5.56 Å². The van der Waals surface area contributed by atoms with Crippen LogP contribution in [0.4, 0.5) is 5.82 Å². The Labute approximate surface area is 146 Å². The second-order valence-electron chi connectivity index (χ2n) is 6.25. The molecule has 3 rings (SSSR count). The molecule has 1 aliphatic rings. The number of carbonyl (C=O) groups excluding carboxylic acids is 1. The number of esters is 1. The molecule has 1 saturated heterocycles. The molecule has 2 aromatic heterocycles. The Kier molecular flexibility index (Phi) is 4.98. The summed E-state index contributed by atoms with van der Waals surface area (Å²) in [5, 5.41) is 4.25. The minimum absolute atomic E-state index is 0.0455. The molecule has 3 heterocycles. The number of carbonyl (C=O) groups is 1. The molecule has 0 spiro atoms. The van der Waals surface area contributed by atoms with Gasteiger partial charge in [0, 0.05) is 25.5 Å². The number of aromatic nitrogens is 4. The van der Waals surface area contributed by atoms with Crippen LogP contribution in [0.15, 0.2) is 18.6 Å². The summed E-state index contributed by atoms with van der Waals surface area (Å²) in [5.41, 5.74) is 1.36. The van der Waals surface area contributed by atoms with Gasteiger partial charge in [0.25, 0.3) is 5.95 Å². The van der Waals surface area contributed by atoms with Crippen molar-refractivity contribution in [3.8, 4) is 5.95 Å². The van der Waals surface area contributed by atoms with Crippen molar-refractivity contribution in [2.45, 2.75) is 39.9 Å². The zero-order valence-corrected chi connectivity index (χ0v) is 15.0. The van der Waals surface area contributed by atoms with Gasteiger partial charge in [0.15, 0.2) is 0 Å². The van der Waals surface area contributed by atoms with Crippen LogP contribution < -0.4 is 4.90 Å². The van der Waals surface area contributed by atoms with Gasteiger partial charge in [0.1, 0.15) is 11.4 Å².